The van der Waals surface area contributed by atoms with E-state index in [1.165, 1.54) is 0 Å². The molecule has 5 heteroatoms. The van der Waals surface area contributed by atoms with Gasteiger partial charge in [-0.15, -0.1) is 0 Å². The highest BCUT2D eigenvalue weighted by atomic mass is 16.5. The fourth-order valence-corrected chi connectivity index (χ4v) is 0.857. The minimum Gasteiger partial charge on any atom is -0.380 e. The number of rotatable bonds is 11. The van der Waals surface area contributed by atoms with Gasteiger partial charge < -0.3 is 24.8 Å². The molecule has 0 aliphatic carbocycles. The van der Waals surface area contributed by atoms with Crippen molar-refractivity contribution in [2.75, 3.05) is 66.8 Å². The molecule has 0 saturated carbocycles. The minimum atomic E-state index is 0. The highest BCUT2D eigenvalue weighted by Gasteiger charge is 1.85. The van der Waals surface area contributed by atoms with Gasteiger partial charge in [-0.2, -0.15) is 0 Å². The van der Waals surface area contributed by atoms with Crippen LogP contribution in [0.1, 0.15) is 21.3 Å². The summed E-state index contributed by atoms with van der Waals surface area (Å²) in [4.78, 5) is 0. The minimum absolute atomic E-state index is 0. The van der Waals surface area contributed by atoms with Gasteiger partial charge in [-0.3, -0.25) is 0 Å². The molecule has 0 saturated heterocycles. The van der Waals surface area contributed by atoms with E-state index in [1.807, 2.05) is 27.9 Å². The Bertz CT molecular complexity index is 104. The third-order valence-electron chi connectivity index (χ3n) is 1.77. The molecule has 0 heterocycles. The summed E-state index contributed by atoms with van der Waals surface area (Å²) in [5.74, 6) is 0. The van der Waals surface area contributed by atoms with E-state index in [0.29, 0.717) is 13.2 Å². The Morgan fingerprint density at radius 2 is 1.06 bits per heavy atom. The largest absolute Gasteiger partial charge is 0.380 e. The number of nitrogens with one attached hydrogen (secondary N) is 2. The molecule has 0 aliphatic heterocycles. The number of likely N-dealkylation sites (N-methyl/N-ethyl adjacent to an activating group) is 2. The summed E-state index contributed by atoms with van der Waals surface area (Å²) in [5.41, 5.74) is 0. The molecule has 0 rings (SSSR count). The fraction of sp³-hybridized carbons (Fsp3) is 1.00. The van der Waals surface area contributed by atoms with Crippen molar-refractivity contribution < 1.29 is 14.2 Å². The van der Waals surface area contributed by atoms with E-state index in [-0.39, 0.29) is 7.43 Å². The zero-order valence-corrected chi connectivity index (χ0v) is 11.9. The summed E-state index contributed by atoms with van der Waals surface area (Å²) in [5, 5.41) is 5.97. The molecule has 0 aromatic rings. The van der Waals surface area contributed by atoms with Gasteiger partial charge >= 0.3 is 0 Å². The summed E-state index contributed by atoms with van der Waals surface area (Å²) < 4.78 is 15.3. The van der Waals surface area contributed by atoms with Crippen LogP contribution in [0, 0.1) is 0 Å². The van der Waals surface area contributed by atoms with Crippen molar-refractivity contribution in [3.05, 3.63) is 0 Å². The molecule has 0 radical (unpaired) electrons. The molecule has 0 atom stereocenters. The lowest BCUT2D eigenvalue weighted by Crippen LogP contribution is -2.16. The second-order valence-electron chi connectivity index (χ2n) is 3.21. The van der Waals surface area contributed by atoms with E-state index in [4.69, 9.17) is 14.2 Å². The van der Waals surface area contributed by atoms with Crippen LogP contribution in [0.4, 0.5) is 0 Å². The molecule has 0 spiro atoms. The predicted octanol–water partition coefficient (Wildman–Crippen LogP) is 1.14. The van der Waals surface area contributed by atoms with Gasteiger partial charge in [-0.1, -0.05) is 7.43 Å². The van der Waals surface area contributed by atoms with Crippen LogP contribution in [-0.4, -0.2) is 66.8 Å². The molecule has 0 amide bonds. The SMILES string of the molecule is C.CCOCCNC.CCOCCOCCNC. The molecule has 0 aliphatic rings. The summed E-state index contributed by atoms with van der Waals surface area (Å²) in [6, 6.07) is 0. The van der Waals surface area contributed by atoms with Crippen LogP contribution >= 0.6 is 0 Å². The van der Waals surface area contributed by atoms with Crippen LogP contribution in [0.25, 0.3) is 0 Å². The molecule has 0 bridgehead atoms. The quantitative estimate of drug-likeness (QED) is 0.549. The third kappa shape index (κ3) is 29.7. The summed E-state index contributed by atoms with van der Waals surface area (Å²) in [6.45, 7) is 10.4. The zero-order chi connectivity index (χ0) is 13.2. The molecule has 0 fully saturated rings. The van der Waals surface area contributed by atoms with Crippen LogP contribution in [0.15, 0.2) is 0 Å². The Hall–Kier alpha value is -0.200. The second-order valence-corrected chi connectivity index (χ2v) is 3.21. The van der Waals surface area contributed by atoms with Gasteiger partial charge in [0.05, 0.1) is 26.4 Å². The topological polar surface area (TPSA) is 51.8 Å². The maximum Gasteiger partial charge on any atom is 0.0701 e. The van der Waals surface area contributed by atoms with Crippen molar-refractivity contribution in [2.45, 2.75) is 21.3 Å². The Kier molecular flexibility index (Phi) is 32.6. The van der Waals surface area contributed by atoms with E-state index >= 15 is 0 Å². The average molecular weight is 266 g/mol. The van der Waals surface area contributed by atoms with Gasteiger partial charge in [-0.05, 0) is 27.9 Å². The first-order chi connectivity index (χ1) is 8.33. The monoisotopic (exact) mass is 266 g/mol. The molecule has 2 N–H and O–H groups in total. The van der Waals surface area contributed by atoms with Crippen LogP contribution in [0.3, 0.4) is 0 Å². The second kappa shape index (κ2) is 25.6. The lowest BCUT2D eigenvalue weighted by atomic mass is 10.7. The first-order valence-electron chi connectivity index (χ1n) is 6.35. The zero-order valence-electron chi connectivity index (χ0n) is 11.9. The summed E-state index contributed by atoms with van der Waals surface area (Å²) in [6.07, 6.45) is 0. The number of ether oxygens (including phenoxy) is 3. The van der Waals surface area contributed by atoms with Gasteiger partial charge in [-0.25, -0.2) is 0 Å². The van der Waals surface area contributed by atoms with Crippen LogP contribution in [0.5, 0.6) is 0 Å². The van der Waals surface area contributed by atoms with Gasteiger partial charge in [0.1, 0.15) is 0 Å². The molecule has 5 nitrogen and oxygen atoms in total. The smallest absolute Gasteiger partial charge is 0.0701 e. The molecule has 18 heavy (non-hydrogen) atoms. The van der Waals surface area contributed by atoms with E-state index in [9.17, 15) is 0 Å². The van der Waals surface area contributed by atoms with Crippen molar-refractivity contribution in [1.29, 1.82) is 0 Å². The summed E-state index contributed by atoms with van der Waals surface area (Å²) in [7, 11) is 3.82. The van der Waals surface area contributed by atoms with Crippen molar-refractivity contribution >= 4 is 0 Å². The maximum absolute atomic E-state index is 5.19. The highest BCUT2D eigenvalue weighted by molar-refractivity contribution is 4.35. The van der Waals surface area contributed by atoms with Gasteiger partial charge in [0.15, 0.2) is 0 Å². The number of hydrogen-bond donors (Lipinski definition) is 2. The lowest BCUT2D eigenvalue weighted by molar-refractivity contribution is 0.0545. The maximum atomic E-state index is 5.19. The van der Waals surface area contributed by atoms with E-state index < -0.39 is 0 Å². The van der Waals surface area contributed by atoms with Gasteiger partial charge in [0, 0.05) is 26.3 Å². The molecule has 0 aromatic carbocycles. The fourth-order valence-electron chi connectivity index (χ4n) is 0.857. The first-order valence-corrected chi connectivity index (χ1v) is 6.35. The lowest BCUT2D eigenvalue weighted by Gasteiger charge is -2.02. The molecule has 114 valence electrons. The van der Waals surface area contributed by atoms with E-state index in [1.54, 1.807) is 0 Å². The Labute approximate surface area is 114 Å². The van der Waals surface area contributed by atoms with Crippen molar-refractivity contribution in [1.82, 2.24) is 10.6 Å². The Morgan fingerprint density at radius 3 is 1.50 bits per heavy atom. The van der Waals surface area contributed by atoms with Crippen molar-refractivity contribution in [2.24, 2.45) is 0 Å². The normalized spacial score (nSPS) is 9.33. The predicted molar refractivity (Wildman–Crippen MR) is 78.4 cm³/mol. The standard InChI is InChI=1S/C7H17NO2.C5H13NO.CH4/c1-3-9-6-7-10-5-4-8-2;1-3-7-5-4-6-2;/h8H,3-7H2,1-2H3;6H,3-5H2,1-2H3;1H4. The first kappa shape index (κ1) is 22.9. The average Bonchev–Trinajstić information content (AvgIpc) is 2.35. The van der Waals surface area contributed by atoms with Crippen LogP contribution in [0.2, 0.25) is 0 Å². The highest BCUT2D eigenvalue weighted by Crippen LogP contribution is 1.76. The Balaban J connectivity index is -0.000000251. The molecular weight excluding hydrogens is 232 g/mol. The Morgan fingerprint density at radius 1 is 0.667 bits per heavy atom. The van der Waals surface area contributed by atoms with E-state index in [2.05, 4.69) is 10.6 Å². The van der Waals surface area contributed by atoms with Gasteiger partial charge in [0.25, 0.3) is 0 Å². The van der Waals surface area contributed by atoms with Crippen LogP contribution < -0.4 is 10.6 Å². The molecule has 0 aromatic heterocycles. The van der Waals surface area contributed by atoms with E-state index in [0.717, 1.165) is 39.5 Å². The van der Waals surface area contributed by atoms with Crippen molar-refractivity contribution in [3.63, 3.8) is 0 Å². The third-order valence-corrected chi connectivity index (χ3v) is 1.77. The summed E-state index contributed by atoms with van der Waals surface area (Å²) >= 11 is 0. The van der Waals surface area contributed by atoms with Crippen LogP contribution in [-0.2, 0) is 14.2 Å². The van der Waals surface area contributed by atoms with Crippen molar-refractivity contribution in [3.8, 4) is 0 Å². The van der Waals surface area contributed by atoms with Gasteiger partial charge in [0.2, 0.25) is 0 Å². The molecule has 0 unspecified atom stereocenters. The number of hydrogen-bond acceptors (Lipinski definition) is 5. The molecular formula is C13H34N2O3.